The van der Waals surface area contributed by atoms with Crippen molar-refractivity contribution in [1.82, 2.24) is 4.90 Å². The molecule has 1 aliphatic heterocycles. The van der Waals surface area contributed by atoms with E-state index in [1.54, 1.807) is 0 Å². The molecule has 1 heterocycles. The van der Waals surface area contributed by atoms with Crippen molar-refractivity contribution in [3.63, 3.8) is 0 Å². The molecule has 0 aromatic carbocycles. The summed E-state index contributed by atoms with van der Waals surface area (Å²) in [5.41, 5.74) is -0.223. The summed E-state index contributed by atoms with van der Waals surface area (Å²) in [5.74, 6) is -1.94. The lowest BCUT2D eigenvalue weighted by molar-refractivity contribution is -0.167. The number of aliphatic carboxylic acids is 1. The Morgan fingerprint density at radius 3 is 2.25 bits per heavy atom. The van der Waals surface area contributed by atoms with Crippen LogP contribution in [0.15, 0.2) is 0 Å². The van der Waals surface area contributed by atoms with Gasteiger partial charge in [-0.05, 0) is 18.3 Å². The number of ether oxygens (including phenoxy) is 1. The average molecular weight is 283 g/mol. The van der Waals surface area contributed by atoms with Gasteiger partial charge < -0.3 is 9.84 Å². The molecule has 1 saturated carbocycles. The standard InChI is InChI=1S/C14H21NO5/c1-20-9-10(13(18)19)15-11(16)7-14(8-12(15)17)5-3-2-4-6-14/h10H,2-9H2,1H3,(H,18,19). The second-order valence-electron chi connectivity index (χ2n) is 5.88. The minimum Gasteiger partial charge on any atom is -0.480 e. The van der Waals surface area contributed by atoms with E-state index in [2.05, 4.69) is 0 Å². The van der Waals surface area contributed by atoms with Crippen LogP contribution in [0, 0.1) is 5.41 Å². The van der Waals surface area contributed by atoms with Crippen LogP contribution in [0.4, 0.5) is 0 Å². The highest BCUT2D eigenvalue weighted by Crippen LogP contribution is 2.45. The predicted octanol–water partition coefficient (Wildman–Crippen LogP) is 1.19. The van der Waals surface area contributed by atoms with Gasteiger partial charge in [0.05, 0.1) is 6.61 Å². The molecule has 2 aliphatic rings. The average Bonchev–Trinajstić information content (AvgIpc) is 2.37. The molecule has 0 aromatic heterocycles. The Bertz CT molecular complexity index is 394. The van der Waals surface area contributed by atoms with E-state index >= 15 is 0 Å². The van der Waals surface area contributed by atoms with Gasteiger partial charge in [-0.25, -0.2) is 4.79 Å². The van der Waals surface area contributed by atoms with E-state index < -0.39 is 12.0 Å². The first kappa shape index (κ1) is 15.0. The van der Waals surface area contributed by atoms with Gasteiger partial charge in [0.2, 0.25) is 11.8 Å². The van der Waals surface area contributed by atoms with E-state index in [1.165, 1.54) is 7.11 Å². The van der Waals surface area contributed by atoms with E-state index in [1.807, 2.05) is 0 Å². The molecule has 1 N–H and O–H groups in total. The summed E-state index contributed by atoms with van der Waals surface area (Å²) < 4.78 is 4.83. The van der Waals surface area contributed by atoms with Crippen molar-refractivity contribution in [3.8, 4) is 0 Å². The zero-order valence-electron chi connectivity index (χ0n) is 11.8. The van der Waals surface area contributed by atoms with E-state index in [9.17, 15) is 14.4 Å². The summed E-state index contributed by atoms with van der Waals surface area (Å²) in [4.78, 5) is 36.7. The number of likely N-dealkylation sites (tertiary alicyclic amines) is 1. The van der Waals surface area contributed by atoms with Crippen LogP contribution in [0.2, 0.25) is 0 Å². The first-order valence-corrected chi connectivity index (χ1v) is 7.06. The maximum absolute atomic E-state index is 12.3. The van der Waals surface area contributed by atoms with Crippen molar-refractivity contribution in [2.75, 3.05) is 13.7 Å². The highest BCUT2D eigenvalue weighted by Gasteiger charge is 2.47. The van der Waals surface area contributed by atoms with Crippen LogP contribution in [0.1, 0.15) is 44.9 Å². The van der Waals surface area contributed by atoms with Gasteiger partial charge in [-0.3, -0.25) is 14.5 Å². The number of rotatable bonds is 4. The number of amides is 2. The second kappa shape index (κ2) is 5.91. The Morgan fingerprint density at radius 1 is 1.25 bits per heavy atom. The topological polar surface area (TPSA) is 83.9 Å². The number of piperidine rings is 1. The predicted molar refractivity (Wildman–Crippen MR) is 69.9 cm³/mol. The molecule has 1 saturated heterocycles. The lowest BCUT2D eigenvalue weighted by Crippen LogP contribution is -2.56. The fourth-order valence-electron chi connectivity index (χ4n) is 3.43. The summed E-state index contributed by atoms with van der Waals surface area (Å²) in [7, 11) is 1.36. The van der Waals surface area contributed by atoms with Gasteiger partial charge in [-0.2, -0.15) is 0 Å². The monoisotopic (exact) mass is 283 g/mol. The highest BCUT2D eigenvalue weighted by molar-refractivity contribution is 6.02. The van der Waals surface area contributed by atoms with Gasteiger partial charge in [0.15, 0.2) is 6.04 Å². The molecule has 6 nitrogen and oxygen atoms in total. The van der Waals surface area contributed by atoms with Crippen LogP contribution in [0.25, 0.3) is 0 Å². The van der Waals surface area contributed by atoms with Crippen molar-refractivity contribution in [2.45, 2.75) is 51.0 Å². The van der Waals surface area contributed by atoms with Crippen LogP contribution in [-0.4, -0.2) is 47.5 Å². The fraction of sp³-hybridized carbons (Fsp3) is 0.786. The minimum absolute atomic E-state index is 0.167. The lowest BCUT2D eigenvalue weighted by Gasteiger charge is -2.43. The molecular formula is C14H21NO5. The summed E-state index contributed by atoms with van der Waals surface area (Å²) in [6.45, 7) is -0.167. The Hall–Kier alpha value is -1.43. The number of carboxylic acid groups (broad SMARTS) is 1. The first-order valence-electron chi connectivity index (χ1n) is 7.06. The molecule has 112 valence electrons. The number of carbonyl (C=O) groups is 3. The van der Waals surface area contributed by atoms with E-state index in [0.29, 0.717) is 0 Å². The normalized spacial score (nSPS) is 23.9. The van der Waals surface area contributed by atoms with Gasteiger partial charge in [-0.15, -0.1) is 0 Å². The van der Waals surface area contributed by atoms with E-state index in [0.717, 1.165) is 37.0 Å². The summed E-state index contributed by atoms with van der Waals surface area (Å²) >= 11 is 0. The fourth-order valence-corrected chi connectivity index (χ4v) is 3.43. The van der Waals surface area contributed by atoms with Gasteiger partial charge in [0, 0.05) is 20.0 Å². The number of imide groups is 1. The third-order valence-corrected chi connectivity index (χ3v) is 4.43. The maximum atomic E-state index is 12.3. The van der Waals surface area contributed by atoms with Crippen molar-refractivity contribution < 1.29 is 24.2 Å². The number of carbonyl (C=O) groups excluding carboxylic acids is 2. The third kappa shape index (κ3) is 2.85. The van der Waals surface area contributed by atoms with Gasteiger partial charge in [-0.1, -0.05) is 19.3 Å². The van der Waals surface area contributed by atoms with E-state index in [4.69, 9.17) is 9.84 Å². The van der Waals surface area contributed by atoms with Gasteiger partial charge in [0.25, 0.3) is 0 Å². The minimum atomic E-state index is -1.21. The number of hydrogen-bond donors (Lipinski definition) is 1. The van der Waals surface area contributed by atoms with Crippen LogP contribution in [0.5, 0.6) is 0 Å². The lowest BCUT2D eigenvalue weighted by atomic mass is 9.67. The molecule has 0 bridgehead atoms. The Labute approximate surface area is 118 Å². The van der Waals surface area contributed by atoms with Gasteiger partial charge in [0.1, 0.15) is 0 Å². The molecule has 1 atom stereocenters. The molecule has 2 fully saturated rings. The Kier molecular flexibility index (Phi) is 4.42. The number of carboxylic acids is 1. The zero-order chi connectivity index (χ0) is 14.8. The largest absolute Gasteiger partial charge is 0.480 e. The highest BCUT2D eigenvalue weighted by atomic mass is 16.5. The number of hydrogen-bond acceptors (Lipinski definition) is 4. The SMILES string of the molecule is COCC(C(=O)O)N1C(=O)CC2(CCCCC2)CC1=O. The van der Waals surface area contributed by atoms with Gasteiger partial charge >= 0.3 is 5.97 Å². The molecule has 2 rings (SSSR count). The van der Waals surface area contributed by atoms with Crippen molar-refractivity contribution in [2.24, 2.45) is 5.41 Å². The van der Waals surface area contributed by atoms with Crippen LogP contribution in [-0.2, 0) is 19.1 Å². The smallest absolute Gasteiger partial charge is 0.329 e. The summed E-state index contributed by atoms with van der Waals surface area (Å²) in [6, 6.07) is -1.21. The Morgan fingerprint density at radius 2 is 1.80 bits per heavy atom. The molecule has 6 heteroatoms. The Balaban J connectivity index is 2.16. The summed E-state index contributed by atoms with van der Waals surface area (Å²) in [6.07, 6.45) is 5.58. The zero-order valence-corrected chi connectivity index (χ0v) is 11.8. The molecule has 1 unspecified atom stereocenters. The molecule has 20 heavy (non-hydrogen) atoms. The van der Waals surface area contributed by atoms with Crippen molar-refractivity contribution in [1.29, 1.82) is 0 Å². The van der Waals surface area contributed by atoms with Crippen LogP contribution in [0.3, 0.4) is 0 Å². The van der Waals surface area contributed by atoms with Crippen LogP contribution >= 0.6 is 0 Å². The maximum Gasteiger partial charge on any atom is 0.329 e. The van der Waals surface area contributed by atoms with Crippen LogP contribution < -0.4 is 0 Å². The summed E-state index contributed by atoms with van der Waals surface area (Å²) in [5, 5.41) is 9.17. The molecule has 0 aromatic rings. The molecule has 2 amide bonds. The second-order valence-corrected chi connectivity index (χ2v) is 5.88. The third-order valence-electron chi connectivity index (χ3n) is 4.43. The molecule has 1 aliphatic carbocycles. The van der Waals surface area contributed by atoms with Crippen molar-refractivity contribution >= 4 is 17.8 Å². The van der Waals surface area contributed by atoms with Crippen molar-refractivity contribution in [3.05, 3.63) is 0 Å². The molecular weight excluding hydrogens is 262 g/mol. The first-order chi connectivity index (χ1) is 9.49. The number of methoxy groups -OCH3 is 1. The molecule has 1 spiro atoms. The number of nitrogens with zero attached hydrogens (tertiary/aromatic N) is 1. The quantitative estimate of drug-likeness (QED) is 0.783. The molecule has 0 radical (unpaired) electrons. The van der Waals surface area contributed by atoms with E-state index in [-0.39, 0.29) is 36.7 Å².